The van der Waals surface area contributed by atoms with Crippen molar-refractivity contribution >= 4 is 39.1 Å². The van der Waals surface area contributed by atoms with Crippen molar-refractivity contribution in [2.24, 2.45) is 0 Å². The topological polar surface area (TPSA) is 105 Å². The molecule has 0 saturated heterocycles. The van der Waals surface area contributed by atoms with E-state index in [0.29, 0.717) is 17.3 Å². The van der Waals surface area contributed by atoms with E-state index < -0.39 is 28.5 Å². The Morgan fingerprint density at radius 2 is 1.47 bits per heavy atom. The Morgan fingerprint density at radius 3 is 2.09 bits per heavy atom. The predicted molar refractivity (Wildman–Crippen MR) is 175 cm³/mol. The Balaban J connectivity index is 1.81. The molecule has 4 aromatic rings. The summed E-state index contributed by atoms with van der Waals surface area (Å²) in [5.41, 5.74) is 1.74. The van der Waals surface area contributed by atoms with E-state index in [-0.39, 0.29) is 35.2 Å². The van der Waals surface area contributed by atoms with Crippen LogP contribution in [0.2, 0.25) is 5.02 Å². The van der Waals surface area contributed by atoms with E-state index in [1.54, 1.807) is 55.5 Å². The molecule has 0 aromatic heterocycles. The molecule has 0 spiro atoms. The molecule has 0 bridgehead atoms. The van der Waals surface area contributed by atoms with Crippen LogP contribution in [0.25, 0.3) is 0 Å². The lowest BCUT2D eigenvalue weighted by Gasteiger charge is -2.34. The van der Waals surface area contributed by atoms with Crippen molar-refractivity contribution in [3.8, 4) is 11.5 Å². The van der Waals surface area contributed by atoms with Gasteiger partial charge in [-0.15, -0.1) is 0 Å². The highest BCUT2D eigenvalue weighted by molar-refractivity contribution is 7.92. The number of carbonyl (C=O) groups excluding carboxylic acids is 2. The van der Waals surface area contributed by atoms with Crippen LogP contribution in [0.4, 0.5) is 5.69 Å². The van der Waals surface area contributed by atoms with Gasteiger partial charge in [0.05, 0.1) is 24.8 Å². The van der Waals surface area contributed by atoms with Crippen LogP contribution in [0, 0.1) is 0 Å². The lowest BCUT2D eigenvalue weighted by Crippen LogP contribution is -2.53. The highest BCUT2D eigenvalue weighted by Crippen LogP contribution is 2.33. The van der Waals surface area contributed by atoms with Crippen molar-refractivity contribution in [1.82, 2.24) is 10.2 Å². The molecule has 4 aromatic carbocycles. The molecule has 0 radical (unpaired) electrons. The number of benzene rings is 4. The Kier molecular flexibility index (Phi) is 11.5. The smallest absolute Gasteiger partial charge is 0.264 e. The second-order valence-corrected chi connectivity index (χ2v) is 12.4. The third-order valence-electron chi connectivity index (χ3n) is 7.17. The largest absolute Gasteiger partial charge is 0.497 e. The van der Waals surface area contributed by atoms with Crippen molar-refractivity contribution in [3.63, 3.8) is 0 Å². The van der Waals surface area contributed by atoms with Gasteiger partial charge < -0.3 is 19.7 Å². The fraction of sp³-hybridized carbons (Fsp3) is 0.235. The molecule has 0 heterocycles. The van der Waals surface area contributed by atoms with Crippen molar-refractivity contribution in [1.29, 1.82) is 0 Å². The number of amides is 2. The molecular weight excluding hydrogens is 614 g/mol. The second-order valence-electron chi connectivity index (χ2n) is 10.1. The van der Waals surface area contributed by atoms with Crippen LogP contribution in [0.3, 0.4) is 0 Å². The molecule has 4 rings (SSSR count). The zero-order valence-electron chi connectivity index (χ0n) is 25.4. The van der Waals surface area contributed by atoms with Crippen molar-refractivity contribution in [2.75, 3.05) is 31.6 Å². The fourth-order valence-electron chi connectivity index (χ4n) is 4.86. The molecule has 0 aliphatic carbocycles. The predicted octanol–water partition coefficient (Wildman–Crippen LogP) is 5.33. The van der Waals surface area contributed by atoms with Gasteiger partial charge in [-0.25, -0.2) is 8.42 Å². The van der Waals surface area contributed by atoms with E-state index in [4.69, 9.17) is 21.1 Å². The molecule has 0 aliphatic heterocycles. The number of carbonyl (C=O) groups is 2. The SMILES string of the molecule is CCNC(=O)C(Cc1ccccc1)N(Cc1ccc(Cl)cc1)C(=O)CN(c1ccccc1OC)S(=O)(=O)c1ccc(OC)cc1. The molecule has 11 heteroatoms. The third-order valence-corrected chi connectivity index (χ3v) is 9.19. The molecule has 236 valence electrons. The van der Waals surface area contributed by atoms with E-state index in [1.807, 2.05) is 30.3 Å². The van der Waals surface area contributed by atoms with Crippen molar-refractivity contribution < 1.29 is 27.5 Å². The molecule has 0 aliphatic rings. The van der Waals surface area contributed by atoms with Crippen LogP contribution in [-0.4, -0.2) is 58.5 Å². The molecule has 2 amide bonds. The maximum atomic E-state index is 14.5. The molecule has 45 heavy (non-hydrogen) atoms. The average Bonchev–Trinajstić information content (AvgIpc) is 3.06. The number of hydrogen-bond acceptors (Lipinski definition) is 6. The van der Waals surface area contributed by atoms with E-state index in [2.05, 4.69) is 5.32 Å². The summed E-state index contributed by atoms with van der Waals surface area (Å²) in [6.45, 7) is 1.58. The molecular formula is C34H36ClN3O6S. The van der Waals surface area contributed by atoms with Gasteiger partial charge in [0, 0.05) is 24.5 Å². The number of sulfonamides is 1. The number of hydrogen-bond donors (Lipinski definition) is 1. The van der Waals surface area contributed by atoms with Crippen LogP contribution in [0.5, 0.6) is 11.5 Å². The number of ether oxygens (including phenoxy) is 2. The maximum absolute atomic E-state index is 14.5. The van der Waals surface area contributed by atoms with E-state index >= 15 is 0 Å². The van der Waals surface area contributed by atoms with Gasteiger partial charge in [-0.2, -0.15) is 0 Å². The number of anilines is 1. The Hall–Kier alpha value is -4.54. The van der Waals surface area contributed by atoms with Gasteiger partial charge in [0.1, 0.15) is 24.1 Å². The summed E-state index contributed by atoms with van der Waals surface area (Å²) in [7, 11) is -1.39. The van der Waals surface area contributed by atoms with Gasteiger partial charge in [0.2, 0.25) is 11.8 Å². The van der Waals surface area contributed by atoms with E-state index in [9.17, 15) is 18.0 Å². The zero-order chi connectivity index (χ0) is 32.4. The molecule has 0 fully saturated rings. The zero-order valence-corrected chi connectivity index (χ0v) is 26.9. The van der Waals surface area contributed by atoms with Gasteiger partial charge in [0.15, 0.2) is 0 Å². The van der Waals surface area contributed by atoms with Crippen molar-refractivity contribution in [3.05, 3.63) is 119 Å². The highest BCUT2D eigenvalue weighted by atomic mass is 35.5. The number of methoxy groups -OCH3 is 2. The summed E-state index contributed by atoms with van der Waals surface area (Å²) >= 11 is 6.13. The fourth-order valence-corrected chi connectivity index (χ4v) is 6.41. The number of nitrogens with zero attached hydrogens (tertiary/aromatic N) is 2. The van der Waals surface area contributed by atoms with Gasteiger partial charge in [0.25, 0.3) is 10.0 Å². The molecule has 9 nitrogen and oxygen atoms in total. The summed E-state index contributed by atoms with van der Waals surface area (Å²) in [6, 6.07) is 27.8. The lowest BCUT2D eigenvalue weighted by atomic mass is 10.0. The number of para-hydroxylation sites is 2. The summed E-state index contributed by atoms with van der Waals surface area (Å²) in [5.74, 6) is -0.199. The standard InChI is InChI=1S/C34H36ClN3O6S/c1-4-36-34(40)31(22-25-10-6-5-7-11-25)37(23-26-14-16-27(35)17-15-26)33(39)24-38(30-12-8-9-13-32(30)44-3)45(41,42)29-20-18-28(43-2)19-21-29/h5-21,31H,4,22-24H2,1-3H3,(H,36,40). The summed E-state index contributed by atoms with van der Waals surface area (Å²) < 4.78 is 40.2. The lowest BCUT2D eigenvalue weighted by molar-refractivity contribution is -0.140. The normalized spacial score (nSPS) is 11.7. The van der Waals surface area contributed by atoms with Crippen LogP contribution in [0.1, 0.15) is 18.1 Å². The second kappa shape index (κ2) is 15.5. The van der Waals surface area contributed by atoms with E-state index in [0.717, 1.165) is 15.4 Å². The summed E-state index contributed by atoms with van der Waals surface area (Å²) in [4.78, 5) is 29.4. The first kappa shape index (κ1) is 33.4. The van der Waals surface area contributed by atoms with Crippen LogP contribution in [-0.2, 0) is 32.6 Å². The quantitative estimate of drug-likeness (QED) is 0.198. The van der Waals surface area contributed by atoms with Crippen LogP contribution in [0.15, 0.2) is 108 Å². The van der Waals surface area contributed by atoms with Gasteiger partial charge in [-0.3, -0.25) is 13.9 Å². The van der Waals surface area contributed by atoms with E-state index in [1.165, 1.54) is 43.4 Å². The van der Waals surface area contributed by atoms with Gasteiger partial charge in [-0.05, 0) is 66.6 Å². The molecule has 1 atom stereocenters. The number of rotatable bonds is 14. The van der Waals surface area contributed by atoms with Crippen LogP contribution < -0.4 is 19.1 Å². The van der Waals surface area contributed by atoms with Crippen LogP contribution >= 0.6 is 11.6 Å². The van der Waals surface area contributed by atoms with Gasteiger partial charge >= 0.3 is 0 Å². The monoisotopic (exact) mass is 649 g/mol. The van der Waals surface area contributed by atoms with Crippen molar-refractivity contribution in [2.45, 2.75) is 30.8 Å². The minimum Gasteiger partial charge on any atom is -0.497 e. The minimum absolute atomic E-state index is 0.0347. The number of halogens is 1. The van der Waals surface area contributed by atoms with Gasteiger partial charge in [-0.1, -0.05) is 66.2 Å². The number of nitrogens with one attached hydrogen (secondary N) is 1. The Labute approximate surface area is 269 Å². The highest BCUT2D eigenvalue weighted by Gasteiger charge is 2.35. The first-order chi connectivity index (χ1) is 21.7. The Morgan fingerprint density at radius 1 is 0.822 bits per heavy atom. The third kappa shape index (κ3) is 8.34. The molecule has 0 saturated carbocycles. The average molecular weight is 650 g/mol. The summed E-state index contributed by atoms with van der Waals surface area (Å²) in [5, 5.41) is 3.37. The molecule has 1 N–H and O–H groups in total. The first-order valence-electron chi connectivity index (χ1n) is 14.3. The maximum Gasteiger partial charge on any atom is 0.264 e. The first-order valence-corrected chi connectivity index (χ1v) is 16.1. The minimum atomic E-state index is -4.30. The summed E-state index contributed by atoms with van der Waals surface area (Å²) in [6.07, 6.45) is 0.214. The number of likely N-dealkylation sites (N-methyl/N-ethyl adjacent to an activating group) is 1. The molecule has 1 unspecified atom stereocenters. The Bertz CT molecular complexity index is 1680.